The number of hydrogen-bond donors (Lipinski definition) is 2. The highest BCUT2D eigenvalue weighted by Gasteiger charge is 2.14. The maximum Gasteiger partial charge on any atom is 0.227 e. The largest absolute Gasteiger partial charge is 0.324 e. The Bertz CT molecular complexity index is 551. The minimum atomic E-state index is 0.694. The predicted octanol–water partition coefficient (Wildman–Crippen LogP) is 2.17. The molecule has 1 aromatic heterocycles. The highest BCUT2D eigenvalue weighted by atomic mass is 15.1. The Morgan fingerprint density at radius 3 is 2.83 bits per heavy atom. The highest BCUT2D eigenvalue weighted by molar-refractivity contribution is 5.53. The second kappa shape index (κ2) is 4.74. The summed E-state index contributed by atoms with van der Waals surface area (Å²) in [5.74, 6) is 0.694. The quantitative estimate of drug-likeness (QED) is 0.844. The third-order valence-corrected chi connectivity index (χ3v) is 3.17. The Balaban J connectivity index is 1.91. The molecule has 1 aromatic carbocycles. The van der Waals surface area contributed by atoms with E-state index in [4.69, 9.17) is 0 Å². The van der Waals surface area contributed by atoms with Crippen LogP contribution in [0.2, 0.25) is 0 Å². The molecule has 0 radical (unpaired) electrons. The first-order chi connectivity index (χ1) is 8.83. The van der Waals surface area contributed by atoms with Crippen LogP contribution in [0.25, 0.3) is 0 Å². The number of hydrogen-bond acceptors (Lipinski definition) is 4. The SMILES string of the molecule is Cc1nc(Nc2ccccc2)nc2c1CNCC2. The first-order valence-corrected chi connectivity index (χ1v) is 6.22. The molecule has 0 amide bonds. The number of nitrogens with one attached hydrogen (secondary N) is 2. The molecule has 4 heteroatoms. The number of fused-ring (bicyclic) bond motifs is 1. The Hall–Kier alpha value is -1.94. The molecule has 0 saturated heterocycles. The topological polar surface area (TPSA) is 49.8 Å². The lowest BCUT2D eigenvalue weighted by Gasteiger charge is -2.18. The number of benzene rings is 1. The van der Waals surface area contributed by atoms with Crippen LogP contribution < -0.4 is 10.6 Å². The van der Waals surface area contributed by atoms with E-state index in [1.807, 2.05) is 37.3 Å². The van der Waals surface area contributed by atoms with E-state index < -0.39 is 0 Å². The summed E-state index contributed by atoms with van der Waals surface area (Å²) in [4.78, 5) is 9.13. The van der Waals surface area contributed by atoms with Crippen LogP contribution in [-0.4, -0.2) is 16.5 Å². The van der Waals surface area contributed by atoms with Crippen molar-refractivity contribution in [3.05, 3.63) is 47.3 Å². The summed E-state index contributed by atoms with van der Waals surface area (Å²) in [6, 6.07) is 10.0. The van der Waals surface area contributed by atoms with Gasteiger partial charge in [-0.3, -0.25) is 0 Å². The van der Waals surface area contributed by atoms with E-state index in [9.17, 15) is 0 Å². The lowest BCUT2D eigenvalue weighted by atomic mass is 10.1. The van der Waals surface area contributed by atoms with E-state index in [1.54, 1.807) is 0 Å². The molecule has 2 heterocycles. The smallest absolute Gasteiger partial charge is 0.227 e. The zero-order chi connectivity index (χ0) is 12.4. The van der Waals surface area contributed by atoms with Gasteiger partial charge in [-0.05, 0) is 19.1 Å². The minimum absolute atomic E-state index is 0.694. The van der Waals surface area contributed by atoms with Crippen LogP contribution in [0.15, 0.2) is 30.3 Å². The normalized spacial score (nSPS) is 14.1. The molecule has 0 aliphatic carbocycles. The maximum absolute atomic E-state index is 4.61. The number of para-hydroxylation sites is 1. The number of nitrogens with zero attached hydrogens (tertiary/aromatic N) is 2. The van der Waals surface area contributed by atoms with Gasteiger partial charge in [-0.15, -0.1) is 0 Å². The van der Waals surface area contributed by atoms with Gasteiger partial charge in [0.15, 0.2) is 0 Å². The second-order valence-electron chi connectivity index (χ2n) is 4.48. The molecular weight excluding hydrogens is 224 g/mol. The Morgan fingerprint density at radius 2 is 2.00 bits per heavy atom. The molecular formula is C14H16N4. The fourth-order valence-electron chi connectivity index (χ4n) is 2.22. The maximum atomic E-state index is 4.61. The van der Waals surface area contributed by atoms with E-state index in [0.717, 1.165) is 30.9 Å². The molecule has 3 rings (SSSR count). The van der Waals surface area contributed by atoms with Crippen molar-refractivity contribution in [3.8, 4) is 0 Å². The molecule has 0 atom stereocenters. The van der Waals surface area contributed by atoms with E-state index in [1.165, 1.54) is 11.3 Å². The van der Waals surface area contributed by atoms with Gasteiger partial charge in [-0.25, -0.2) is 9.97 Å². The third-order valence-electron chi connectivity index (χ3n) is 3.17. The number of anilines is 2. The molecule has 0 unspecified atom stereocenters. The first kappa shape index (κ1) is 11.2. The Labute approximate surface area is 106 Å². The van der Waals surface area contributed by atoms with Crippen LogP contribution in [0.5, 0.6) is 0 Å². The van der Waals surface area contributed by atoms with Gasteiger partial charge in [0.1, 0.15) is 0 Å². The van der Waals surface area contributed by atoms with E-state index in [-0.39, 0.29) is 0 Å². The Kier molecular flexibility index (Phi) is 2.94. The number of aromatic nitrogens is 2. The average molecular weight is 240 g/mol. The van der Waals surface area contributed by atoms with Gasteiger partial charge < -0.3 is 10.6 Å². The summed E-state index contributed by atoms with van der Waals surface area (Å²) in [5.41, 5.74) is 4.50. The van der Waals surface area contributed by atoms with Crippen LogP contribution in [0.1, 0.15) is 17.0 Å². The van der Waals surface area contributed by atoms with Gasteiger partial charge in [0.2, 0.25) is 5.95 Å². The van der Waals surface area contributed by atoms with Crippen molar-refractivity contribution in [1.29, 1.82) is 0 Å². The zero-order valence-corrected chi connectivity index (χ0v) is 10.4. The number of aryl methyl sites for hydroxylation is 1. The van der Waals surface area contributed by atoms with Crippen molar-refractivity contribution in [2.24, 2.45) is 0 Å². The van der Waals surface area contributed by atoms with E-state index >= 15 is 0 Å². The Morgan fingerprint density at radius 1 is 1.17 bits per heavy atom. The lowest BCUT2D eigenvalue weighted by Crippen LogP contribution is -2.26. The summed E-state index contributed by atoms with van der Waals surface area (Å²) < 4.78 is 0. The standard InChI is InChI=1S/C14H16N4/c1-10-12-9-15-8-7-13(12)18-14(16-10)17-11-5-3-2-4-6-11/h2-6,15H,7-9H2,1H3,(H,16,17,18). The first-order valence-electron chi connectivity index (χ1n) is 6.22. The van der Waals surface area contributed by atoms with E-state index in [0.29, 0.717) is 5.95 Å². The molecule has 0 bridgehead atoms. The predicted molar refractivity (Wildman–Crippen MR) is 71.9 cm³/mol. The molecule has 18 heavy (non-hydrogen) atoms. The summed E-state index contributed by atoms with van der Waals surface area (Å²) in [6.07, 6.45) is 0.974. The van der Waals surface area contributed by atoms with Gasteiger partial charge in [0, 0.05) is 36.5 Å². The fraction of sp³-hybridized carbons (Fsp3) is 0.286. The summed E-state index contributed by atoms with van der Waals surface area (Å²) in [6.45, 7) is 3.92. The number of rotatable bonds is 2. The lowest BCUT2D eigenvalue weighted by molar-refractivity contribution is 0.622. The van der Waals surface area contributed by atoms with Gasteiger partial charge in [0.25, 0.3) is 0 Å². The molecule has 4 nitrogen and oxygen atoms in total. The van der Waals surface area contributed by atoms with Gasteiger partial charge in [-0.2, -0.15) is 0 Å². The highest BCUT2D eigenvalue weighted by Crippen LogP contribution is 2.19. The molecule has 1 aliphatic rings. The van der Waals surface area contributed by atoms with Crippen molar-refractivity contribution >= 4 is 11.6 Å². The van der Waals surface area contributed by atoms with Crippen LogP contribution in [-0.2, 0) is 13.0 Å². The van der Waals surface area contributed by atoms with Crippen molar-refractivity contribution < 1.29 is 0 Å². The van der Waals surface area contributed by atoms with Gasteiger partial charge in [-0.1, -0.05) is 18.2 Å². The monoisotopic (exact) mass is 240 g/mol. The molecule has 92 valence electrons. The second-order valence-corrected chi connectivity index (χ2v) is 4.48. The summed E-state index contributed by atoms with van der Waals surface area (Å²) in [7, 11) is 0. The molecule has 2 aromatic rings. The fourth-order valence-corrected chi connectivity index (χ4v) is 2.22. The van der Waals surface area contributed by atoms with Crippen molar-refractivity contribution in [3.63, 3.8) is 0 Å². The van der Waals surface area contributed by atoms with Crippen molar-refractivity contribution in [1.82, 2.24) is 15.3 Å². The summed E-state index contributed by atoms with van der Waals surface area (Å²) >= 11 is 0. The van der Waals surface area contributed by atoms with E-state index in [2.05, 4.69) is 20.6 Å². The van der Waals surface area contributed by atoms with Crippen molar-refractivity contribution in [2.45, 2.75) is 19.9 Å². The van der Waals surface area contributed by atoms with Gasteiger partial charge >= 0.3 is 0 Å². The molecule has 0 fully saturated rings. The zero-order valence-electron chi connectivity index (χ0n) is 10.4. The molecule has 0 saturated carbocycles. The van der Waals surface area contributed by atoms with Crippen LogP contribution in [0.4, 0.5) is 11.6 Å². The van der Waals surface area contributed by atoms with Gasteiger partial charge in [0.05, 0.1) is 5.69 Å². The van der Waals surface area contributed by atoms with Crippen LogP contribution >= 0.6 is 0 Å². The molecule has 0 spiro atoms. The summed E-state index contributed by atoms with van der Waals surface area (Å²) in [5, 5.41) is 6.60. The third kappa shape index (κ3) is 2.19. The average Bonchev–Trinajstić information content (AvgIpc) is 2.40. The minimum Gasteiger partial charge on any atom is -0.324 e. The molecule has 1 aliphatic heterocycles. The van der Waals surface area contributed by atoms with Crippen LogP contribution in [0, 0.1) is 6.92 Å². The van der Waals surface area contributed by atoms with Crippen LogP contribution in [0.3, 0.4) is 0 Å². The molecule has 2 N–H and O–H groups in total. The van der Waals surface area contributed by atoms with Crippen molar-refractivity contribution in [2.75, 3.05) is 11.9 Å².